The summed E-state index contributed by atoms with van der Waals surface area (Å²) in [6, 6.07) is 20.8. The van der Waals surface area contributed by atoms with Crippen LogP contribution in [0, 0.1) is 13.8 Å². The number of thioether (sulfide) groups is 1. The van der Waals surface area contributed by atoms with Crippen molar-refractivity contribution in [3.63, 3.8) is 0 Å². The number of aromatic nitrogens is 2. The molecule has 0 saturated carbocycles. The standard InChI is InChI=1S/C27H27N3O3S/c1-18-9-7-14-24(19(18)2)30-26(32)22-12-5-6-13-23(22)28-27(30)34-17-25(31)29(3)16-20-10-8-11-21(15-20)33-4/h5-15H,16-17H2,1-4H3. The third-order valence-electron chi connectivity index (χ3n) is 5.87. The van der Waals surface area contributed by atoms with Crippen LogP contribution < -0.4 is 10.3 Å². The Kier molecular flexibility index (Phi) is 7.03. The molecule has 0 aliphatic carbocycles. The van der Waals surface area contributed by atoms with Gasteiger partial charge in [-0.25, -0.2) is 4.98 Å². The van der Waals surface area contributed by atoms with Gasteiger partial charge in [0, 0.05) is 13.6 Å². The zero-order valence-corrected chi connectivity index (χ0v) is 20.6. The molecule has 3 aromatic carbocycles. The Hall–Kier alpha value is -3.58. The van der Waals surface area contributed by atoms with Gasteiger partial charge in [0.25, 0.3) is 5.56 Å². The summed E-state index contributed by atoms with van der Waals surface area (Å²) in [5, 5.41) is 1.05. The maximum Gasteiger partial charge on any atom is 0.266 e. The molecule has 34 heavy (non-hydrogen) atoms. The van der Waals surface area contributed by atoms with Gasteiger partial charge in [-0.3, -0.25) is 14.2 Å². The van der Waals surface area contributed by atoms with Gasteiger partial charge in [0.05, 0.1) is 29.5 Å². The normalized spacial score (nSPS) is 10.9. The molecule has 0 aliphatic heterocycles. The smallest absolute Gasteiger partial charge is 0.266 e. The minimum atomic E-state index is -0.140. The largest absolute Gasteiger partial charge is 0.497 e. The second kappa shape index (κ2) is 10.1. The minimum absolute atomic E-state index is 0.0530. The molecule has 0 bridgehead atoms. The molecule has 0 spiro atoms. The zero-order valence-electron chi connectivity index (χ0n) is 19.7. The van der Waals surface area contributed by atoms with Gasteiger partial charge in [-0.2, -0.15) is 0 Å². The first-order chi connectivity index (χ1) is 16.4. The average Bonchev–Trinajstić information content (AvgIpc) is 2.85. The first-order valence-electron chi connectivity index (χ1n) is 11.0. The fraction of sp³-hybridized carbons (Fsp3) is 0.222. The third-order valence-corrected chi connectivity index (χ3v) is 6.79. The summed E-state index contributed by atoms with van der Waals surface area (Å²) < 4.78 is 6.90. The van der Waals surface area contributed by atoms with E-state index < -0.39 is 0 Å². The molecule has 0 saturated heterocycles. The van der Waals surface area contributed by atoms with Crippen LogP contribution in [-0.2, 0) is 11.3 Å². The highest BCUT2D eigenvalue weighted by Crippen LogP contribution is 2.25. The van der Waals surface area contributed by atoms with Gasteiger partial charge in [0.1, 0.15) is 5.75 Å². The van der Waals surface area contributed by atoms with E-state index in [4.69, 9.17) is 9.72 Å². The molecule has 7 heteroatoms. The molecule has 1 aromatic heterocycles. The third kappa shape index (κ3) is 4.84. The average molecular weight is 474 g/mol. The van der Waals surface area contributed by atoms with Crippen LogP contribution in [0.3, 0.4) is 0 Å². The highest BCUT2D eigenvalue weighted by Gasteiger charge is 2.18. The van der Waals surface area contributed by atoms with Crippen LogP contribution in [0.5, 0.6) is 5.75 Å². The summed E-state index contributed by atoms with van der Waals surface area (Å²) in [6.07, 6.45) is 0. The molecule has 1 amide bonds. The summed E-state index contributed by atoms with van der Waals surface area (Å²) >= 11 is 1.28. The lowest BCUT2D eigenvalue weighted by molar-refractivity contribution is -0.127. The predicted molar refractivity (Wildman–Crippen MR) is 137 cm³/mol. The second-order valence-corrected chi connectivity index (χ2v) is 9.10. The van der Waals surface area contributed by atoms with Crippen LogP contribution in [0.4, 0.5) is 0 Å². The van der Waals surface area contributed by atoms with Crippen molar-refractivity contribution in [2.75, 3.05) is 19.9 Å². The monoisotopic (exact) mass is 473 g/mol. The molecule has 0 radical (unpaired) electrons. The summed E-state index contributed by atoms with van der Waals surface area (Å²) in [4.78, 5) is 32.9. The number of hydrogen-bond acceptors (Lipinski definition) is 5. The fourth-order valence-electron chi connectivity index (χ4n) is 3.77. The first kappa shape index (κ1) is 23.6. The van der Waals surface area contributed by atoms with Crippen LogP contribution in [0.25, 0.3) is 16.6 Å². The van der Waals surface area contributed by atoms with Gasteiger partial charge in [-0.05, 0) is 60.9 Å². The number of carbonyl (C=O) groups is 1. The Morgan fingerprint density at radius 1 is 1.06 bits per heavy atom. The van der Waals surface area contributed by atoms with Crippen molar-refractivity contribution in [3.8, 4) is 11.4 Å². The molecule has 4 rings (SSSR count). The first-order valence-corrected chi connectivity index (χ1v) is 12.0. The summed E-state index contributed by atoms with van der Waals surface area (Å²) in [5.41, 5.74) is 4.33. The van der Waals surface area contributed by atoms with E-state index in [0.29, 0.717) is 22.6 Å². The fourth-order valence-corrected chi connectivity index (χ4v) is 4.72. The lowest BCUT2D eigenvalue weighted by Gasteiger charge is -2.19. The van der Waals surface area contributed by atoms with E-state index in [2.05, 4.69) is 0 Å². The van der Waals surface area contributed by atoms with Gasteiger partial charge >= 0.3 is 0 Å². The Morgan fingerprint density at radius 2 is 1.82 bits per heavy atom. The topological polar surface area (TPSA) is 64.4 Å². The Bertz CT molecular complexity index is 1410. The molecule has 0 aliphatic rings. The second-order valence-electron chi connectivity index (χ2n) is 8.16. The SMILES string of the molecule is COc1cccc(CN(C)C(=O)CSc2nc3ccccc3c(=O)n2-c2cccc(C)c2C)c1. The number of benzene rings is 3. The number of nitrogens with zero attached hydrogens (tertiary/aromatic N) is 3. The number of aryl methyl sites for hydroxylation is 1. The summed E-state index contributed by atoms with van der Waals surface area (Å²) in [6.45, 7) is 4.47. The number of ether oxygens (including phenoxy) is 1. The van der Waals surface area contributed by atoms with Gasteiger partial charge in [-0.1, -0.05) is 48.2 Å². The van der Waals surface area contributed by atoms with E-state index in [0.717, 1.165) is 28.1 Å². The van der Waals surface area contributed by atoms with Crippen molar-refractivity contribution in [2.24, 2.45) is 0 Å². The lowest BCUT2D eigenvalue weighted by Crippen LogP contribution is -2.28. The van der Waals surface area contributed by atoms with Crippen LogP contribution in [-0.4, -0.2) is 40.3 Å². The molecule has 0 unspecified atom stereocenters. The predicted octanol–water partition coefficient (Wildman–Crippen LogP) is 4.76. The summed E-state index contributed by atoms with van der Waals surface area (Å²) in [7, 11) is 3.39. The summed E-state index contributed by atoms with van der Waals surface area (Å²) in [5.74, 6) is 0.865. The molecular formula is C27H27N3O3S. The van der Waals surface area contributed by atoms with Crippen LogP contribution in [0.1, 0.15) is 16.7 Å². The van der Waals surface area contributed by atoms with Crippen molar-refractivity contribution in [2.45, 2.75) is 25.5 Å². The Labute approximate surface area is 203 Å². The van der Waals surface area contributed by atoms with Crippen LogP contribution >= 0.6 is 11.8 Å². The van der Waals surface area contributed by atoms with Crippen molar-refractivity contribution in [1.82, 2.24) is 14.5 Å². The van der Waals surface area contributed by atoms with E-state index in [1.807, 2.05) is 74.5 Å². The van der Waals surface area contributed by atoms with Crippen molar-refractivity contribution >= 4 is 28.6 Å². The van der Waals surface area contributed by atoms with Crippen LogP contribution in [0.2, 0.25) is 0 Å². The molecule has 1 heterocycles. The number of amides is 1. The Morgan fingerprint density at radius 3 is 2.62 bits per heavy atom. The molecular weight excluding hydrogens is 446 g/mol. The number of para-hydroxylation sites is 1. The van der Waals surface area contributed by atoms with Gasteiger partial charge in [0.2, 0.25) is 5.91 Å². The quantitative estimate of drug-likeness (QED) is 0.286. The number of rotatable bonds is 7. The molecule has 0 N–H and O–H groups in total. The van der Waals surface area contributed by atoms with Crippen LogP contribution in [0.15, 0.2) is 76.7 Å². The zero-order chi connectivity index (χ0) is 24.2. The number of fused-ring (bicyclic) bond motifs is 1. The lowest BCUT2D eigenvalue weighted by atomic mass is 10.1. The Balaban J connectivity index is 1.64. The van der Waals surface area contributed by atoms with E-state index in [1.54, 1.807) is 29.7 Å². The number of hydrogen-bond donors (Lipinski definition) is 0. The van der Waals surface area contributed by atoms with E-state index in [1.165, 1.54) is 11.8 Å². The number of methoxy groups -OCH3 is 1. The van der Waals surface area contributed by atoms with Crippen molar-refractivity contribution in [1.29, 1.82) is 0 Å². The highest BCUT2D eigenvalue weighted by molar-refractivity contribution is 7.99. The van der Waals surface area contributed by atoms with Crippen molar-refractivity contribution < 1.29 is 9.53 Å². The van der Waals surface area contributed by atoms with E-state index in [9.17, 15) is 9.59 Å². The molecule has 6 nitrogen and oxygen atoms in total. The van der Waals surface area contributed by atoms with E-state index in [-0.39, 0.29) is 17.2 Å². The molecule has 0 atom stereocenters. The van der Waals surface area contributed by atoms with Crippen molar-refractivity contribution in [3.05, 3.63) is 93.8 Å². The van der Waals surface area contributed by atoms with Gasteiger partial charge in [-0.15, -0.1) is 0 Å². The molecule has 174 valence electrons. The van der Waals surface area contributed by atoms with Gasteiger partial charge in [0.15, 0.2) is 5.16 Å². The molecule has 4 aromatic rings. The van der Waals surface area contributed by atoms with E-state index >= 15 is 0 Å². The highest BCUT2D eigenvalue weighted by atomic mass is 32.2. The maximum absolute atomic E-state index is 13.5. The number of carbonyl (C=O) groups excluding carboxylic acids is 1. The minimum Gasteiger partial charge on any atom is -0.497 e. The molecule has 0 fully saturated rings. The maximum atomic E-state index is 13.5. The van der Waals surface area contributed by atoms with Gasteiger partial charge < -0.3 is 9.64 Å².